The Morgan fingerprint density at radius 1 is 1.23 bits per heavy atom. The van der Waals surface area contributed by atoms with Crippen LogP contribution in [0.15, 0.2) is 53.8 Å². The van der Waals surface area contributed by atoms with Crippen LogP contribution in [0.4, 0.5) is 5.69 Å². The summed E-state index contributed by atoms with van der Waals surface area (Å²) in [5.41, 5.74) is 6.30. The molecule has 0 fully saturated rings. The number of hydrogen-bond donors (Lipinski definition) is 1. The van der Waals surface area contributed by atoms with Crippen LogP contribution in [-0.2, 0) is 29.3 Å². The molecule has 0 spiro atoms. The monoisotopic (exact) mass is 363 g/mol. The van der Waals surface area contributed by atoms with Crippen LogP contribution < -0.4 is 10.1 Å². The van der Waals surface area contributed by atoms with Gasteiger partial charge in [-0.1, -0.05) is 18.2 Å². The summed E-state index contributed by atoms with van der Waals surface area (Å²) in [6.45, 7) is 1.84. The van der Waals surface area contributed by atoms with Gasteiger partial charge in [0.2, 0.25) is 5.11 Å². The van der Waals surface area contributed by atoms with Crippen molar-refractivity contribution < 1.29 is 21.8 Å². The number of hydrogen-bond acceptors (Lipinski definition) is 3. The molecule has 5 nitrogen and oxygen atoms in total. The van der Waals surface area contributed by atoms with Crippen LogP contribution in [0.5, 0.6) is 5.75 Å². The molecule has 22 heavy (non-hydrogen) atoms. The maximum absolute atomic E-state index is 5.24. The largest absolute Gasteiger partial charge is 2.00 e. The van der Waals surface area contributed by atoms with E-state index in [1.807, 2.05) is 49.4 Å². The number of methoxy groups -OCH3 is 1. The second-order valence-electron chi connectivity index (χ2n) is 4.15. The van der Waals surface area contributed by atoms with E-state index in [4.69, 9.17) is 4.74 Å². The van der Waals surface area contributed by atoms with Crippen LogP contribution >= 0.6 is 0 Å². The number of thiol groups is 1. The number of rotatable bonds is 4. The van der Waals surface area contributed by atoms with Crippen LogP contribution in [0, 0.1) is 0 Å². The molecule has 0 aliphatic carbocycles. The molecule has 2 aromatic rings. The summed E-state index contributed by atoms with van der Waals surface area (Å²) < 4.78 is 5.24. The fraction of sp³-hybridized carbons (Fsp3) is 0.133. The summed E-state index contributed by atoms with van der Waals surface area (Å²) >= 11 is 4.27. The van der Waals surface area contributed by atoms with E-state index >= 15 is 0 Å². The number of benzene rings is 1. The van der Waals surface area contributed by atoms with Crippen molar-refractivity contribution in [3.8, 4) is 5.75 Å². The predicted octanol–water partition coefficient (Wildman–Crippen LogP) is 2.66. The van der Waals surface area contributed by atoms with Gasteiger partial charge in [0.05, 0.1) is 18.5 Å². The molecule has 1 heterocycles. The van der Waals surface area contributed by atoms with Crippen LogP contribution in [0.1, 0.15) is 12.6 Å². The fourth-order valence-electron chi connectivity index (χ4n) is 1.64. The van der Waals surface area contributed by atoms with Crippen molar-refractivity contribution in [3.63, 3.8) is 0 Å². The molecular formula is C15H16CuN4OS+2. The number of anilines is 1. The smallest absolute Gasteiger partial charge is 0.509 e. The van der Waals surface area contributed by atoms with E-state index in [0.717, 1.165) is 11.4 Å². The second kappa shape index (κ2) is 9.15. The Morgan fingerprint density at radius 3 is 2.64 bits per heavy atom. The van der Waals surface area contributed by atoms with Gasteiger partial charge in [-0.15, -0.1) is 0 Å². The zero-order valence-electron chi connectivity index (χ0n) is 12.1. The van der Waals surface area contributed by atoms with Gasteiger partial charge in [0, 0.05) is 11.9 Å². The molecule has 117 valence electrons. The quantitative estimate of drug-likeness (QED) is 0.227. The summed E-state index contributed by atoms with van der Waals surface area (Å²) in [6, 6.07) is 13.1. The Morgan fingerprint density at radius 2 is 1.95 bits per heavy atom. The molecule has 2 rings (SSSR count). The standard InChI is InChI=1S/C15H16N4OS.Cu/c1-11(12-7-5-6-10-16-12)18-19-15(21)17-13-8-3-4-9-14(13)20-2;/h3-10H,1-2H3,(H2,16,17,19,21);/q;+2. The van der Waals surface area contributed by atoms with Crippen LogP contribution in [0.3, 0.4) is 0 Å². The van der Waals surface area contributed by atoms with Gasteiger partial charge in [-0.05, 0) is 31.2 Å². The van der Waals surface area contributed by atoms with E-state index in [1.54, 1.807) is 13.3 Å². The molecule has 0 aliphatic rings. The van der Waals surface area contributed by atoms with Gasteiger partial charge in [0.15, 0.2) is 12.2 Å². The molecule has 0 saturated heterocycles. The SMILES string of the molecule is COc1ccccc1NC(=[SH+])[N-]N=C(C)c1ccccn1.[Cu+2]. The zero-order valence-corrected chi connectivity index (χ0v) is 14.0. The molecule has 1 N–H and O–H groups in total. The van der Waals surface area contributed by atoms with E-state index in [1.165, 1.54) is 0 Å². The van der Waals surface area contributed by atoms with Crippen molar-refractivity contribution in [3.05, 3.63) is 59.8 Å². The van der Waals surface area contributed by atoms with Gasteiger partial charge in [-0.2, -0.15) is 0 Å². The normalized spacial score (nSPS) is 10.4. The van der Waals surface area contributed by atoms with Crippen LogP contribution in [0.2, 0.25) is 0 Å². The van der Waals surface area contributed by atoms with E-state index in [-0.39, 0.29) is 17.1 Å². The third-order valence-electron chi connectivity index (χ3n) is 2.68. The number of ether oxygens (including phenoxy) is 1. The predicted molar refractivity (Wildman–Crippen MR) is 90.2 cm³/mol. The average molecular weight is 364 g/mol. The Hall–Kier alpha value is -1.95. The molecule has 0 unspecified atom stereocenters. The third kappa shape index (κ3) is 5.11. The van der Waals surface area contributed by atoms with Gasteiger partial charge in [0.25, 0.3) is 0 Å². The van der Waals surface area contributed by atoms with Crippen molar-refractivity contribution in [2.75, 3.05) is 12.4 Å². The summed E-state index contributed by atoms with van der Waals surface area (Å²) in [4.78, 5) is 4.20. The molecule has 0 saturated carbocycles. The summed E-state index contributed by atoms with van der Waals surface area (Å²) in [7, 11) is 1.61. The van der Waals surface area contributed by atoms with E-state index in [0.29, 0.717) is 16.6 Å². The van der Waals surface area contributed by atoms with Crippen molar-refractivity contribution >= 4 is 28.7 Å². The molecule has 1 aromatic carbocycles. The topological polar surface area (TPSA) is 60.6 Å². The van der Waals surface area contributed by atoms with Gasteiger partial charge >= 0.3 is 17.1 Å². The first-order valence-electron chi connectivity index (χ1n) is 6.33. The van der Waals surface area contributed by atoms with Gasteiger partial charge in [0.1, 0.15) is 5.75 Å². The van der Waals surface area contributed by atoms with E-state index in [2.05, 4.69) is 33.0 Å². The van der Waals surface area contributed by atoms with Crippen LogP contribution in [0.25, 0.3) is 5.43 Å². The maximum Gasteiger partial charge on any atom is 2.00 e. The first-order valence-corrected chi connectivity index (χ1v) is 6.78. The average Bonchev–Trinajstić information content (AvgIpc) is 2.54. The molecule has 1 aromatic heterocycles. The van der Waals surface area contributed by atoms with E-state index in [9.17, 15) is 0 Å². The minimum absolute atomic E-state index is 0. The van der Waals surface area contributed by atoms with Crippen molar-refractivity contribution in [2.45, 2.75) is 6.92 Å². The molecule has 0 bridgehead atoms. The summed E-state index contributed by atoms with van der Waals surface area (Å²) in [5, 5.41) is 7.51. The summed E-state index contributed by atoms with van der Waals surface area (Å²) in [6.07, 6.45) is 1.72. The third-order valence-corrected chi connectivity index (χ3v) is 2.88. The van der Waals surface area contributed by atoms with Gasteiger partial charge in [-0.25, -0.2) is 0 Å². The Kier molecular flexibility index (Phi) is 7.52. The number of nitrogens with one attached hydrogen (secondary N) is 1. The molecule has 7 heteroatoms. The Labute approximate surface area is 145 Å². The molecule has 1 radical (unpaired) electrons. The van der Waals surface area contributed by atoms with Gasteiger partial charge < -0.3 is 20.6 Å². The summed E-state index contributed by atoms with van der Waals surface area (Å²) in [5.74, 6) is 0.713. The maximum atomic E-state index is 5.24. The second-order valence-corrected chi connectivity index (χ2v) is 4.57. The number of pyridine rings is 1. The number of aromatic nitrogens is 1. The zero-order chi connectivity index (χ0) is 15.1. The first kappa shape index (κ1) is 18.1. The minimum atomic E-state index is 0. The molecular weight excluding hydrogens is 348 g/mol. The molecule has 0 atom stereocenters. The fourth-order valence-corrected chi connectivity index (χ4v) is 1.81. The van der Waals surface area contributed by atoms with Crippen LogP contribution in [-0.4, -0.2) is 22.9 Å². The van der Waals surface area contributed by atoms with Crippen molar-refractivity contribution in [1.82, 2.24) is 4.98 Å². The van der Waals surface area contributed by atoms with Gasteiger partial charge in [-0.3, -0.25) is 4.98 Å². The Bertz CT molecular complexity index is 649. The number of nitrogens with zero attached hydrogens (tertiary/aromatic N) is 3. The molecule has 0 amide bonds. The van der Waals surface area contributed by atoms with Crippen molar-refractivity contribution in [2.24, 2.45) is 5.10 Å². The molecule has 0 aliphatic heterocycles. The van der Waals surface area contributed by atoms with E-state index < -0.39 is 0 Å². The minimum Gasteiger partial charge on any atom is -0.509 e. The number of para-hydroxylation sites is 2. The van der Waals surface area contributed by atoms with Crippen molar-refractivity contribution in [1.29, 1.82) is 0 Å². The first-order chi connectivity index (χ1) is 10.2. The Balaban J connectivity index is 0.00000242.